The third-order valence-corrected chi connectivity index (χ3v) is 5.09. The lowest BCUT2D eigenvalue weighted by atomic mass is 9.66. The van der Waals surface area contributed by atoms with E-state index in [2.05, 4.69) is 32.9 Å². The van der Waals surface area contributed by atoms with Gasteiger partial charge in [-0.2, -0.15) is 0 Å². The van der Waals surface area contributed by atoms with Gasteiger partial charge in [-0.15, -0.1) is 0 Å². The maximum Gasteiger partial charge on any atom is 0.0922 e. The minimum absolute atomic E-state index is 0.413. The molecule has 1 fully saturated rings. The molecule has 0 amide bonds. The van der Waals surface area contributed by atoms with E-state index in [9.17, 15) is 5.11 Å². The lowest BCUT2D eigenvalue weighted by Gasteiger charge is -2.42. The lowest BCUT2D eigenvalue weighted by molar-refractivity contribution is -0.0558. The summed E-state index contributed by atoms with van der Waals surface area (Å²) in [5.41, 5.74) is 0.467. The summed E-state index contributed by atoms with van der Waals surface area (Å²) in [4.78, 5) is 0. The number of benzene rings is 1. The fourth-order valence-electron chi connectivity index (χ4n) is 3.44. The van der Waals surface area contributed by atoms with Gasteiger partial charge in [0.15, 0.2) is 0 Å². The van der Waals surface area contributed by atoms with E-state index in [0.29, 0.717) is 5.92 Å². The summed E-state index contributed by atoms with van der Waals surface area (Å²) in [6.45, 7) is 6.78. The second-order valence-corrected chi connectivity index (χ2v) is 6.11. The second-order valence-electron chi connectivity index (χ2n) is 6.11. The number of aliphatic hydroxyl groups is 1. The van der Waals surface area contributed by atoms with Crippen LogP contribution < -0.4 is 0 Å². The summed E-state index contributed by atoms with van der Waals surface area (Å²) < 4.78 is 0. The van der Waals surface area contributed by atoms with E-state index in [4.69, 9.17) is 0 Å². The Morgan fingerprint density at radius 3 is 2.33 bits per heavy atom. The van der Waals surface area contributed by atoms with E-state index in [0.717, 1.165) is 36.7 Å². The van der Waals surface area contributed by atoms with Crippen LogP contribution >= 0.6 is 0 Å². The molecule has 0 radical (unpaired) electrons. The van der Waals surface area contributed by atoms with Crippen LogP contribution in [0.2, 0.25) is 0 Å². The quantitative estimate of drug-likeness (QED) is 0.840. The normalized spacial score (nSPS) is 31.9. The summed E-state index contributed by atoms with van der Waals surface area (Å²) in [7, 11) is 0. The zero-order valence-electron chi connectivity index (χ0n) is 11.9. The third kappa shape index (κ3) is 2.47. The van der Waals surface area contributed by atoms with E-state index in [1.807, 2.05) is 18.2 Å². The zero-order chi connectivity index (χ0) is 13.2. The predicted octanol–water partition coefficient (Wildman–Crippen LogP) is 4.36. The van der Waals surface area contributed by atoms with E-state index in [1.165, 1.54) is 6.42 Å². The Kier molecular flexibility index (Phi) is 4.11. The van der Waals surface area contributed by atoms with Gasteiger partial charge in [-0.05, 0) is 42.6 Å². The molecule has 0 heterocycles. The highest BCUT2D eigenvalue weighted by Gasteiger charge is 2.40. The highest BCUT2D eigenvalue weighted by molar-refractivity contribution is 5.23. The lowest BCUT2D eigenvalue weighted by Crippen LogP contribution is -2.38. The summed E-state index contributed by atoms with van der Waals surface area (Å²) in [6.07, 6.45) is 4.37. The zero-order valence-corrected chi connectivity index (χ0v) is 11.9. The van der Waals surface area contributed by atoms with Crippen LogP contribution in [0.4, 0.5) is 0 Å². The van der Waals surface area contributed by atoms with Crippen molar-refractivity contribution >= 4 is 0 Å². The largest absolute Gasteiger partial charge is 0.385 e. The SMILES string of the molecule is CCC(O)(c1ccccc1)C1CCC(C)C(C)C1. The van der Waals surface area contributed by atoms with E-state index in [1.54, 1.807) is 0 Å². The molecule has 1 aliphatic carbocycles. The molecule has 1 N–H and O–H groups in total. The molecule has 0 saturated heterocycles. The Bertz CT molecular complexity index is 372. The molecule has 0 spiro atoms. The second kappa shape index (κ2) is 5.44. The van der Waals surface area contributed by atoms with Crippen molar-refractivity contribution in [1.82, 2.24) is 0 Å². The molecule has 0 aromatic heterocycles. The minimum Gasteiger partial charge on any atom is -0.385 e. The van der Waals surface area contributed by atoms with Gasteiger partial charge in [0.2, 0.25) is 0 Å². The Labute approximate surface area is 111 Å². The summed E-state index contributed by atoms with van der Waals surface area (Å²) in [6, 6.07) is 10.2. The molecule has 1 aromatic rings. The molecule has 1 saturated carbocycles. The predicted molar refractivity (Wildman–Crippen MR) is 76.3 cm³/mol. The third-order valence-electron chi connectivity index (χ3n) is 5.09. The maximum atomic E-state index is 11.1. The number of rotatable bonds is 3. The topological polar surface area (TPSA) is 20.2 Å². The highest BCUT2D eigenvalue weighted by Crippen LogP contribution is 2.44. The first kappa shape index (κ1) is 13.6. The van der Waals surface area contributed by atoms with Crippen molar-refractivity contribution in [2.24, 2.45) is 17.8 Å². The Balaban J connectivity index is 2.23. The molecule has 0 aliphatic heterocycles. The fourth-order valence-corrected chi connectivity index (χ4v) is 3.44. The Morgan fingerprint density at radius 2 is 1.78 bits per heavy atom. The first-order valence-electron chi connectivity index (χ1n) is 7.35. The molecule has 1 nitrogen and oxygen atoms in total. The molecule has 4 atom stereocenters. The van der Waals surface area contributed by atoms with Crippen LogP contribution in [0.3, 0.4) is 0 Å². The van der Waals surface area contributed by atoms with Crippen molar-refractivity contribution in [3.63, 3.8) is 0 Å². The standard InChI is InChI=1S/C17H26O/c1-4-17(18,15-8-6-5-7-9-15)16-11-10-13(2)14(3)12-16/h5-9,13-14,16,18H,4,10-12H2,1-3H3. The monoisotopic (exact) mass is 246 g/mol. The van der Waals surface area contributed by atoms with Gasteiger partial charge in [-0.3, -0.25) is 0 Å². The van der Waals surface area contributed by atoms with Crippen molar-refractivity contribution in [3.8, 4) is 0 Å². The van der Waals surface area contributed by atoms with Crippen molar-refractivity contribution in [3.05, 3.63) is 35.9 Å². The number of hydrogen-bond acceptors (Lipinski definition) is 1. The summed E-state index contributed by atoms with van der Waals surface area (Å²) >= 11 is 0. The summed E-state index contributed by atoms with van der Waals surface area (Å²) in [5.74, 6) is 1.94. The molecular weight excluding hydrogens is 220 g/mol. The molecule has 1 aromatic carbocycles. The van der Waals surface area contributed by atoms with Gasteiger partial charge >= 0.3 is 0 Å². The molecular formula is C17H26O. The van der Waals surface area contributed by atoms with Crippen LogP contribution in [0.25, 0.3) is 0 Å². The van der Waals surface area contributed by atoms with E-state index < -0.39 is 5.60 Å². The molecule has 1 aliphatic rings. The number of hydrogen-bond donors (Lipinski definition) is 1. The van der Waals surface area contributed by atoms with Crippen LogP contribution in [0.5, 0.6) is 0 Å². The minimum atomic E-state index is -0.629. The summed E-state index contributed by atoms with van der Waals surface area (Å²) in [5, 5.41) is 11.1. The average Bonchev–Trinajstić information content (AvgIpc) is 2.42. The van der Waals surface area contributed by atoms with Crippen molar-refractivity contribution < 1.29 is 5.11 Å². The first-order chi connectivity index (χ1) is 8.58. The van der Waals surface area contributed by atoms with Gasteiger partial charge < -0.3 is 5.11 Å². The molecule has 4 unspecified atom stereocenters. The maximum absolute atomic E-state index is 11.1. The van der Waals surface area contributed by atoms with E-state index >= 15 is 0 Å². The van der Waals surface area contributed by atoms with Crippen molar-refractivity contribution in [1.29, 1.82) is 0 Å². The highest BCUT2D eigenvalue weighted by atomic mass is 16.3. The van der Waals surface area contributed by atoms with Gasteiger partial charge in [0, 0.05) is 0 Å². The van der Waals surface area contributed by atoms with Gasteiger partial charge in [-0.25, -0.2) is 0 Å². The van der Waals surface area contributed by atoms with Gasteiger partial charge in [0.05, 0.1) is 5.60 Å². The van der Waals surface area contributed by atoms with Gasteiger partial charge in [0.25, 0.3) is 0 Å². The van der Waals surface area contributed by atoms with Crippen LogP contribution in [-0.4, -0.2) is 5.11 Å². The first-order valence-corrected chi connectivity index (χ1v) is 7.35. The van der Waals surface area contributed by atoms with E-state index in [-0.39, 0.29) is 0 Å². The van der Waals surface area contributed by atoms with Crippen molar-refractivity contribution in [2.75, 3.05) is 0 Å². The van der Waals surface area contributed by atoms with Gasteiger partial charge in [-0.1, -0.05) is 57.5 Å². The van der Waals surface area contributed by atoms with Crippen LogP contribution in [-0.2, 0) is 5.60 Å². The average molecular weight is 246 g/mol. The molecule has 100 valence electrons. The Hall–Kier alpha value is -0.820. The molecule has 18 heavy (non-hydrogen) atoms. The van der Waals surface area contributed by atoms with Crippen LogP contribution in [0, 0.1) is 17.8 Å². The smallest absolute Gasteiger partial charge is 0.0922 e. The van der Waals surface area contributed by atoms with Crippen LogP contribution in [0.1, 0.15) is 52.0 Å². The Morgan fingerprint density at radius 1 is 1.11 bits per heavy atom. The molecule has 2 rings (SSSR count). The van der Waals surface area contributed by atoms with Crippen LogP contribution in [0.15, 0.2) is 30.3 Å². The molecule has 1 heteroatoms. The fraction of sp³-hybridized carbons (Fsp3) is 0.647. The van der Waals surface area contributed by atoms with Gasteiger partial charge in [0.1, 0.15) is 0 Å². The van der Waals surface area contributed by atoms with Crippen molar-refractivity contribution in [2.45, 2.75) is 52.1 Å². The molecule has 0 bridgehead atoms.